The molecule has 1 aromatic heterocycles. The molecular weight excluding hydrogens is 643 g/mol. The van der Waals surface area contributed by atoms with Gasteiger partial charge in [-0.05, 0) is 118 Å². The summed E-state index contributed by atoms with van der Waals surface area (Å²) in [4.78, 5) is 0. The van der Waals surface area contributed by atoms with E-state index in [1.54, 1.807) is 0 Å². The summed E-state index contributed by atoms with van der Waals surface area (Å²) in [6, 6.07) is 37.0. The second kappa shape index (κ2) is 12.9. The van der Waals surface area contributed by atoms with Crippen molar-refractivity contribution in [1.82, 2.24) is 4.57 Å². The van der Waals surface area contributed by atoms with E-state index in [2.05, 4.69) is 192 Å². The largest absolute Gasteiger partial charge is 0.372 e. The maximum atomic E-state index is 6.06. The van der Waals surface area contributed by atoms with Crippen molar-refractivity contribution in [1.29, 1.82) is 0 Å². The Bertz CT molecular complexity index is 2510. The molecule has 8 rings (SSSR count). The van der Waals surface area contributed by atoms with Gasteiger partial charge in [0.2, 0.25) is 0 Å². The predicted molar refractivity (Wildman–Crippen MR) is 231 cm³/mol. The zero-order valence-corrected chi connectivity index (χ0v) is 34.5. The smallest absolute Gasteiger partial charge is 0.0727 e. The Morgan fingerprint density at radius 3 is 1.43 bits per heavy atom. The lowest BCUT2D eigenvalue weighted by molar-refractivity contribution is 0.110. The fourth-order valence-corrected chi connectivity index (χ4v) is 7.77. The van der Waals surface area contributed by atoms with Crippen molar-refractivity contribution in [3.05, 3.63) is 130 Å². The van der Waals surface area contributed by atoms with Crippen molar-refractivity contribution < 1.29 is 4.74 Å². The van der Waals surface area contributed by atoms with Gasteiger partial charge >= 0.3 is 0 Å². The summed E-state index contributed by atoms with van der Waals surface area (Å²) in [5.74, 6) is 0. The summed E-state index contributed by atoms with van der Waals surface area (Å²) in [5.41, 5.74) is 14.0. The third-order valence-corrected chi connectivity index (χ3v) is 11.4. The van der Waals surface area contributed by atoms with Crippen LogP contribution in [0.25, 0.3) is 54.5 Å². The lowest BCUT2D eigenvalue weighted by Gasteiger charge is -2.21. The van der Waals surface area contributed by atoms with Crippen LogP contribution in [0.5, 0.6) is 0 Å². The standard InChI is InChI=1S/C26H30O.C25H29N/c1-25(2,3)21-8-7-17-14-24-19(11-18(17)12-21)15-27-16-20-13-22(26(4,5)6)9-10-23(20)24;1-24(2,3)18-9-8-16-13-21-20-11-10-19(25(4,5)6)15-23(20)26(7)22(21)14-17(16)12-18/h7-14H,15-16H2,1-6H3;8-15H,1-7H3. The van der Waals surface area contributed by atoms with Crippen LogP contribution in [0, 0.1) is 0 Å². The number of aryl methyl sites for hydroxylation is 1. The van der Waals surface area contributed by atoms with Crippen molar-refractivity contribution in [2.75, 3.05) is 0 Å². The molecule has 0 N–H and O–H groups in total. The molecule has 0 bridgehead atoms. The molecule has 2 heteroatoms. The van der Waals surface area contributed by atoms with E-state index in [9.17, 15) is 0 Å². The van der Waals surface area contributed by atoms with E-state index in [0.717, 1.165) is 0 Å². The molecule has 0 aliphatic carbocycles. The Morgan fingerprint density at radius 2 is 0.849 bits per heavy atom. The number of hydrogen-bond acceptors (Lipinski definition) is 1. The zero-order chi connectivity index (χ0) is 38.2. The third kappa shape index (κ3) is 7.16. The summed E-state index contributed by atoms with van der Waals surface area (Å²) in [6.45, 7) is 28.6. The summed E-state index contributed by atoms with van der Waals surface area (Å²) >= 11 is 0. The maximum absolute atomic E-state index is 6.06. The number of ether oxygens (including phenoxy) is 1. The molecule has 0 radical (unpaired) electrons. The van der Waals surface area contributed by atoms with Gasteiger partial charge in [-0.2, -0.15) is 0 Å². The normalized spacial score (nSPS) is 13.9. The van der Waals surface area contributed by atoms with Crippen molar-refractivity contribution in [2.24, 2.45) is 7.05 Å². The first-order chi connectivity index (χ1) is 24.7. The Morgan fingerprint density at radius 1 is 0.396 bits per heavy atom. The average molecular weight is 702 g/mol. The second-order valence-corrected chi connectivity index (χ2v) is 19.7. The molecule has 0 fully saturated rings. The lowest BCUT2D eigenvalue weighted by atomic mass is 9.83. The van der Waals surface area contributed by atoms with Gasteiger partial charge in [-0.15, -0.1) is 0 Å². The highest BCUT2D eigenvalue weighted by Gasteiger charge is 2.22. The number of benzene rings is 6. The number of hydrogen-bond donors (Lipinski definition) is 0. The molecule has 0 unspecified atom stereocenters. The van der Waals surface area contributed by atoms with Crippen LogP contribution in [0.15, 0.2) is 97.1 Å². The van der Waals surface area contributed by atoms with Crippen molar-refractivity contribution >= 4 is 43.4 Å². The molecule has 0 saturated carbocycles. The van der Waals surface area contributed by atoms with E-state index >= 15 is 0 Å². The van der Waals surface area contributed by atoms with Crippen LogP contribution in [0.3, 0.4) is 0 Å². The summed E-state index contributed by atoms with van der Waals surface area (Å²) < 4.78 is 8.41. The molecule has 7 aromatic rings. The summed E-state index contributed by atoms with van der Waals surface area (Å²) in [6.07, 6.45) is 0. The average Bonchev–Trinajstić information content (AvgIpc) is 3.22. The molecule has 1 aliphatic rings. The molecule has 1 aliphatic heterocycles. The van der Waals surface area contributed by atoms with E-state index < -0.39 is 0 Å². The molecule has 6 aromatic carbocycles. The van der Waals surface area contributed by atoms with Gasteiger partial charge < -0.3 is 9.30 Å². The Kier molecular flexibility index (Phi) is 8.97. The van der Waals surface area contributed by atoms with Crippen LogP contribution in [0.2, 0.25) is 0 Å². The maximum Gasteiger partial charge on any atom is 0.0727 e. The van der Waals surface area contributed by atoms with Crippen LogP contribution in [-0.2, 0) is 46.7 Å². The van der Waals surface area contributed by atoms with Gasteiger partial charge in [0, 0.05) is 28.9 Å². The number of nitrogens with zero attached hydrogens (tertiary/aromatic N) is 1. The lowest BCUT2D eigenvalue weighted by Crippen LogP contribution is -2.11. The molecule has 2 nitrogen and oxygen atoms in total. The Hall–Kier alpha value is -4.40. The number of aromatic nitrogens is 1. The minimum atomic E-state index is 0.150. The van der Waals surface area contributed by atoms with Crippen LogP contribution in [0.1, 0.15) is 116 Å². The van der Waals surface area contributed by atoms with Crippen LogP contribution >= 0.6 is 0 Å². The highest BCUT2D eigenvalue weighted by molar-refractivity contribution is 6.12. The van der Waals surface area contributed by atoms with Crippen molar-refractivity contribution in [3.63, 3.8) is 0 Å². The van der Waals surface area contributed by atoms with Crippen LogP contribution in [-0.4, -0.2) is 4.57 Å². The van der Waals surface area contributed by atoms with Gasteiger partial charge in [0.25, 0.3) is 0 Å². The first kappa shape index (κ1) is 36.9. The topological polar surface area (TPSA) is 14.2 Å². The molecule has 274 valence electrons. The van der Waals surface area contributed by atoms with Gasteiger partial charge in [-0.1, -0.05) is 150 Å². The van der Waals surface area contributed by atoms with E-state index in [-0.39, 0.29) is 21.7 Å². The molecule has 2 heterocycles. The molecule has 53 heavy (non-hydrogen) atoms. The van der Waals surface area contributed by atoms with Crippen molar-refractivity contribution in [2.45, 2.75) is 118 Å². The predicted octanol–water partition coefficient (Wildman–Crippen LogP) is 14.2. The summed E-state index contributed by atoms with van der Waals surface area (Å²) in [7, 11) is 2.19. The quantitative estimate of drug-likeness (QED) is 0.154. The van der Waals surface area contributed by atoms with Gasteiger partial charge in [-0.25, -0.2) is 0 Å². The van der Waals surface area contributed by atoms with E-state index in [1.807, 2.05) is 0 Å². The Balaban J connectivity index is 0.000000164. The van der Waals surface area contributed by atoms with Gasteiger partial charge in [0.15, 0.2) is 0 Å². The van der Waals surface area contributed by atoms with Gasteiger partial charge in [-0.3, -0.25) is 0 Å². The fraction of sp³-hybridized carbons (Fsp3) is 0.373. The van der Waals surface area contributed by atoms with Crippen molar-refractivity contribution in [3.8, 4) is 11.1 Å². The minimum absolute atomic E-state index is 0.150. The number of rotatable bonds is 0. The Labute approximate surface area is 318 Å². The van der Waals surface area contributed by atoms with E-state index in [4.69, 9.17) is 4.74 Å². The SMILES string of the molecule is CC(C)(C)c1ccc2c(c1)COCc1cc3cc(C(C)(C)C)ccc3cc1-2.Cn1c2cc(C(C)(C)C)ccc2c2cc3ccc(C(C)(C)C)cc3cc21. The molecule has 0 amide bonds. The highest BCUT2D eigenvalue weighted by atomic mass is 16.5. The third-order valence-electron chi connectivity index (χ3n) is 11.4. The molecule has 0 spiro atoms. The minimum Gasteiger partial charge on any atom is -0.372 e. The molecular formula is C51H59NO. The van der Waals surface area contributed by atoms with Crippen LogP contribution in [0.4, 0.5) is 0 Å². The summed E-state index contributed by atoms with van der Waals surface area (Å²) in [5, 5.41) is 7.94. The molecule has 0 atom stereocenters. The fourth-order valence-electron chi connectivity index (χ4n) is 7.77. The first-order valence-corrected chi connectivity index (χ1v) is 19.4. The highest BCUT2D eigenvalue weighted by Crippen LogP contribution is 2.39. The molecule has 0 saturated heterocycles. The van der Waals surface area contributed by atoms with E-state index in [0.29, 0.717) is 13.2 Å². The first-order valence-electron chi connectivity index (χ1n) is 19.4. The number of fused-ring (bicyclic) bond motifs is 8. The second-order valence-electron chi connectivity index (χ2n) is 19.7. The van der Waals surface area contributed by atoms with Gasteiger partial charge in [0.05, 0.1) is 13.2 Å². The van der Waals surface area contributed by atoms with E-state index in [1.165, 1.54) is 87.9 Å². The zero-order valence-electron chi connectivity index (χ0n) is 34.5. The van der Waals surface area contributed by atoms with Gasteiger partial charge in [0.1, 0.15) is 0 Å². The van der Waals surface area contributed by atoms with Crippen LogP contribution < -0.4 is 0 Å². The monoisotopic (exact) mass is 701 g/mol.